The van der Waals surface area contributed by atoms with E-state index in [0.717, 1.165) is 11.3 Å². The van der Waals surface area contributed by atoms with E-state index in [1.54, 1.807) is 18.1 Å². The number of nitrogens with two attached hydrogens (primary N) is 1. The maximum atomic E-state index is 6.19. The molecule has 1 aromatic carbocycles. The van der Waals surface area contributed by atoms with Crippen molar-refractivity contribution in [2.75, 3.05) is 7.11 Å². The highest BCUT2D eigenvalue weighted by atomic mass is 16.5. The number of hydrogen-bond donors (Lipinski definition) is 2. The molecule has 1 unspecified atom stereocenters. The minimum atomic E-state index is -0.416. The largest absolute Gasteiger partial charge is 0.497 e. The van der Waals surface area contributed by atoms with Crippen LogP contribution in [0.1, 0.15) is 23.3 Å². The lowest BCUT2D eigenvalue weighted by atomic mass is 10.1. The number of nitrogens with one attached hydrogen (secondary N) is 1. The van der Waals surface area contributed by atoms with Gasteiger partial charge in [0.15, 0.2) is 5.82 Å². The predicted octanol–water partition coefficient (Wildman–Crippen LogP) is 0.501. The van der Waals surface area contributed by atoms with Crippen LogP contribution >= 0.6 is 0 Å². The van der Waals surface area contributed by atoms with Crippen LogP contribution in [-0.4, -0.2) is 37.1 Å². The van der Waals surface area contributed by atoms with Crippen LogP contribution < -0.4 is 10.5 Å². The summed E-state index contributed by atoms with van der Waals surface area (Å²) in [5, 5.41) is 11.0. The summed E-state index contributed by atoms with van der Waals surface area (Å²) in [6, 6.07) is 7.13. The molecule has 3 aromatic rings. The van der Waals surface area contributed by atoms with E-state index in [9.17, 15) is 0 Å². The van der Waals surface area contributed by atoms with Crippen LogP contribution in [0.25, 0.3) is 0 Å². The van der Waals surface area contributed by atoms with Gasteiger partial charge in [-0.25, -0.2) is 14.6 Å². The summed E-state index contributed by atoms with van der Waals surface area (Å²) in [5.74, 6) is 1.95. The van der Waals surface area contributed by atoms with E-state index >= 15 is 0 Å². The van der Waals surface area contributed by atoms with Gasteiger partial charge in [0.05, 0.1) is 13.2 Å². The van der Waals surface area contributed by atoms with E-state index in [0.29, 0.717) is 18.2 Å². The molecule has 1 atom stereocenters. The first-order valence-electron chi connectivity index (χ1n) is 6.39. The Kier molecular flexibility index (Phi) is 3.61. The Labute approximate surface area is 121 Å². The number of aromatic amines is 1. The zero-order chi connectivity index (χ0) is 14.7. The third-order valence-corrected chi connectivity index (χ3v) is 3.06. The molecule has 0 saturated heterocycles. The Morgan fingerprint density at radius 1 is 1.43 bits per heavy atom. The molecule has 0 aliphatic rings. The highest BCUT2D eigenvalue weighted by Crippen LogP contribution is 2.20. The van der Waals surface area contributed by atoms with Crippen LogP contribution in [0.2, 0.25) is 0 Å². The minimum absolute atomic E-state index is 0.416. The molecule has 0 spiro atoms. The summed E-state index contributed by atoms with van der Waals surface area (Å²) >= 11 is 0. The van der Waals surface area contributed by atoms with E-state index < -0.39 is 6.04 Å². The van der Waals surface area contributed by atoms with Gasteiger partial charge in [-0.3, -0.25) is 5.10 Å². The molecular formula is C13H15N7O. The second kappa shape index (κ2) is 5.71. The molecular weight excluding hydrogens is 270 g/mol. The Morgan fingerprint density at radius 2 is 2.33 bits per heavy atom. The fraction of sp³-hybridized carbons (Fsp3) is 0.231. The van der Waals surface area contributed by atoms with Crippen molar-refractivity contribution >= 4 is 0 Å². The number of nitrogens with zero attached hydrogens (tertiary/aromatic N) is 5. The number of rotatable bonds is 5. The first-order valence-corrected chi connectivity index (χ1v) is 6.39. The van der Waals surface area contributed by atoms with Crippen LogP contribution in [0, 0.1) is 0 Å². The van der Waals surface area contributed by atoms with Crippen LogP contribution in [-0.2, 0) is 6.54 Å². The maximum absolute atomic E-state index is 6.19. The van der Waals surface area contributed by atoms with Gasteiger partial charge < -0.3 is 10.5 Å². The zero-order valence-electron chi connectivity index (χ0n) is 11.5. The third kappa shape index (κ3) is 2.90. The van der Waals surface area contributed by atoms with Crippen molar-refractivity contribution in [3.63, 3.8) is 0 Å². The molecule has 0 aliphatic carbocycles. The fourth-order valence-electron chi connectivity index (χ4n) is 1.97. The first kappa shape index (κ1) is 13.3. The van der Waals surface area contributed by atoms with Crippen molar-refractivity contribution < 1.29 is 4.74 Å². The monoisotopic (exact) mass is 285 g/mol. The van der Waals surface area contributed by atoms with E-state index in [2.05, 4.69) is 25.3 Å². The maximum Gasteiger partial charge on any atom is 0.171 e. The molecule has 3 N–H and O–H groups in total. The van der Waals surface area contributed by atoms with Crippen molar-refractivity contribution in [2.24, 2.45) is 5.73 Å². The molecule has 21 heavy (non-hydrogen) atoms. The van der Waals surface area contributed by atoms with Crippen molar-refractivity contribution in [2.45, 2.75) is 12.6 Å². The standard InChI is InChI=1S/C13H15N7O/c1-21-10-4-2-3-9(5-10)12(14)13-17-11(18-19-13)6-20-8-15-7-16-20/h2-5,7-8,12H,6,14H2,1H3,(H,17,18,19). The third-order valence-electron chi connectivity index (χ3n) is 3.06. The average Bonchev–Trinajstić information content (AvgIpc) is 3.19. The SMILES string of the molecule is COc1cccc(C(N)c2n[nH]c(Cn3cncn3)n2)c1. The van der Waals surface area contributed by atoms with Gasteiger partial charge in [0.25, 0.3) is 0 Å². The summed E-state index contributed by atoms with van der Waals surface area (Å²) in [4.78, 5) is 8.27. The van der Waals surface area contributed by atoms with Crippen molar-refractivity contribution in [1.82, 2.24) is 29.9 Å². The molecule has 0 aliphatic heterocycles. The summed E-state index contributed by atoms with van der Waals surface area (Å²) in [6.07, 6.45) is 3.09. The molecule has 8 nitrogen and oxygen atoms in total. The van der Waals surface area contributed by atoms with Crippen molar-refractivity contribution in [1.29, 1.82) is 0 Å². The molecule has 2 aromatic heterocycles. The summed E-state index contributed by atoms with van der Waals surface area (Å²) in [5.41, 5.74) is 7.08. The Hall–Kier alpha value is -2.74. The van der Waals surface area contributed by atoms with Crippen LogP contribution in [0.3, 0.4) is 0 Å². The molecule has 0 fully saturated rings. The Morgan fingerprint density at radius 3 is 3.10 bits per heavy atom. The number of aromatic nitrogens is 6. The second-order valence-corrected chi connectivity index (χ2v) is 4.49. The molecule has 2 heterocycles. The normalized spacial score (nSPS) is 12.3. The van der Waals surface area contributed by atoms with E-state index in [4.69, 9.17) is 10.5 Å². The lowest BCUT2D eigenvalue weighted by molar-refractivity contribution is 0.414. The van der Waals surface area contributed by atoms with Gasteiger partial charge in [0, 0.05) is 0 Å². The second-order valence-electron chi connectivity index (χ2n) is 4.49. The van der Waals surface area contributed by atoms with Gasteiger partial charge in [-0.2, -0.15) is 10.2 Å². The zero-order valence-corrected chi connectivity index (χ0v) is 11.5. The van der Waals surface area contributed by atoms with Gasteiger partial charge in [0.2, 0.25) is 0 Å². The number of hydrogen-bond acceptors (Lipinski definition) is 6. The van der Waals surface area contributed by atoms with Crippen LogP contribution in [0.15, 0.2) is 36.9 Å². The molecule has 8 heteroatoms. The highest BCUT2D eigenvalue weighted by Gasteiger charge is 2.15. The smallest absolute Gasteiger partial charge is 0.171 e. The number of ether oxygens (including phenoxy) is 1. The van der Waals surface area contributed by atoms with Gasteiger partial charge >= 0.3 is 0 Å². The fourth-order valence-corrected chi connectivity index (χ4v) is 1.97. The molecule has 0 radical (unpaired) electrons. The molecule has 0 amide bonds. The minimum Gasteiger partial charge on any atom is -0.497 e. The van der Waals surface area contributed by atoms with Gasteiger partial charge in [0.1, 0.15) is 30.8 Å². The predicted molar refractivity (Wildman–Crippen MR) is 74.5 cm³/mol. The van der Waals surface area contributed by atoms with Crippen LogP contribution in [0.4, 0.5) is 0 Å². The van der Waals surface area contributed by atoms with E-state index in [1.807, 2.05) is 24.3 Å². The summed E-state index contributed by atoms with van der Waals surface area (Å²) in [7, 11) is 1.62. The quantitative estimate of drug-likeness (QED) is 0.707. The van der Waals surface area contributed by atoms with Gasteiger partial charge in [-0.05, 0) is 17.7 Å². The Bertz CT molecular complexity index is 707. The number of H-pyrrole nitrogens is 1. The van der Waals surface area contributed by atoms with Crippen molar-refractivity contribution in [3.8, 4) is 5.75 Å². The molecule has 0 saturated carbocycles. The summed E-state index contributed by atoms with van der Waals surface area (Å²) in [6.45, 7) is 0.470. The lowest BCUT2D eigenvalue weighted by Gasteiger charge is -2.09. The topological polar surface area (TPSA) is 108 Å². The number of benzene rings is 1. The molecule has 3 rings (SSSR count). The lowest BCUT2D eigenvalue weighted by Crippen LogP contribution is -2.14. The Balaban J connectivity index is 1.78. The van der Waals surface area contributed by atoms with Crippen LogP contribution in [0.5, 0.6) is 5.75 Å². The highest BCUT2D eigenvalue weighted by molar-refractivity contribution is 5.32. The van der Waals surface area contributed by atoms with Gasteiger partial charge in [-0.1, -0.05) is 12.1 Å². The summed E-state index contributed by atoms with van der Waals surface area (Å²) < 4.78 is 6.85. The number of methoxy groups -OCH3 is 1. The average molecular weight is 285 g/mol. The van der Waals surface area contributed by atoms with Gasteiger partial charge in [-0.15, -0.1) is 0 Å². The van der Waals surface area contributed by atoms with E-state index in [-0.39, 0.29) is 0 Å². The van der Waals surface area contributed by atoms with Crippen molar-refractivity contribution in [3.05, 3.63) is 54.1 Å². The molecule has 108 valence electrons. The van der Waals surface area contributed by atoms with E-state index in [1.165, 1.54) is 6.33 Å². The first-order chi connectivity index (χ1) is 10.3. The molecule has 0 bridgehead atoms.